The minimum absolute atomic E-state index is 0.0346. The molecule has 5 rings (SSSR count). The van der Waals surface area contributed by atoms with Gasteiger partial charge in [0.25, 0.3) is 0 Å². The first kappa shape index (κ1) is 25.5. The van der Waals surface area contributed by atoms with Crippen molar-refractivity contribution in [1.82, 2.24) is 4.90 Å². The van der Waals surface area contributed by atoms with Crippen LogP contribution in [0.15, 0.2) is 53.3 Å². The lowest BCUT2D eigenvalue weighted by atomic mass is 9.57. The van der Waals surface area contributed by atoms with Crippen LogP contribution in [0.1, 0.15) is 34.3 Å². The number of carbonyl (C=O) groups excluding carboxylic acids is 2. The van der Waals surface area contributed by atoms with Gasteiger partial charge in [-0.25, -0.2) is 4.79 Å². The van der Waals surface area contributed by atoms with Gasteiger partial charge in [0.1, 0.15) is 22.9 Å². The van der Waals surface area contributed by atoms with Crippen molar-refractivity contribution in [2.75, 3.05) is 14.1 Å². The van der Waals surface area contributed by atoms with Gasteiger partial charge < -0.3 is 31.3 Å². The van der Waals surface area contributed by atoms with E-state index in [1.54, 1.807) is 37.2 Å². The van der Waals surface area contributed by atoms with Crippen molar-refractivity contribution >= 4 is 23.4 Å². The van der Waals surface area contributed by atoms with Crippen LogP contribution in [-0.2, 0) is 16.0 Å². The molecule has 4 atom stereocenters. The molecule has 4 unspecified atom stereocenters. The molecule has 1 amide bonds. The van der Waals surface area contributed by atoms with Gasteiger partial charge in [0.2, 0.25) is 5.91 Å². The summed E-state index contributed by atoms with van der Waals surface area (Å²) in [5.74, 6) is -5.11. The number of carboxylic acids is 1. The number of hydrogen-bond donors (Lipinski definition) is 6. The number of phenolic OH excluding ortho intramolecular Hbond substituents is 1. The van der Waals surface area contributed by atoms with Crippen molar-refractivity contribution in [3.63, 3.8) is 0 Å². The van der Waals surface area contributed by atoms with Gasteiger partial charge in [-0.2, -0.15) is 0 Å². The quantitative estimate of drug-likeness (QED) is 0.352. The second-order valence-electron chi connectivity index (χ2n) is 10.4. The molecule has 10 nitrogen and oxygen atoms in total. The van der Waals surface area contributed by atoms with Gasteiger partial charge in [0.15, 0.2) is 5.78 Å². The highest BCUT2D eigenvalue weighted by molar-refractivity contribution is 6.10. The molecule has 3 aliphatic rings. The third-order valence-electron chi connectivity index (χ3n) is 8.14. The largest absolute Gasteiger partial charge is 0.510 e. The number of amides is 1. The van der Waals surface area contributed by atoms with Crippen LogP contribution in [0.25, 0.3) is 16.9 Å². The molecule has 1 fully saturated rings. The second kappa shape index (κ2) is 8.71. The van der Waals surface area contributed by atoms with Crippen LogP contribution in [0.3, 0.4) is 0 Å². The molecule has 0 aliphatic heterocycles. The molecule has 0 radical (unpaired) electrons. The Balaban J connectivity index is 1.66. The fourth-order valence-corrected chi connectivity index (χ4v) is 6.40. The van der Waals surface area contributed by atoms with E-state index in [0.29, 0.717) is 16.7 Å². The first-order valence-electron chi connectivity index (χ1n) is 12.1. The van der Waals surface area contributed by atoms with Crippen molar-refractivity contribution in [2.24, 2.45) is 17.6 Å². The summed E-state index contributed by atoms with van der Waals surface area (Å²) >= 11 is 0. The summed E-state index contributed by atoms with van der Waals surface area (Å²) in [5, 5.41) is 53.9. The van der Waals surface area contributed by atoms with E-state index in [0.717, 1.165) is 0 Å². The van der Waals surface area contributed by atoms with Crippen molar-refractivity contribution in [3.05, 3.63) is 70.0 Å². The maximum absolute atomic E-state index is 13.9. The molecule has 2 aromatic rings. The molecule has 10 heteroatoms. The normalized spacial score (nSPS) is 26.6. The Labute approximate surface area is 217 Å². The van der Waals surface area contributed by atoms with Gasteiger partial charge in [-0.1, -0.05) is 18.2 Å². The number of rotatable bonds is 4. The number of phenols is 1. The number of likely N-dealkylation sites (N-methyl/N-ethyl adjacent to an activating group) is 1. The van der Waals surface area contributed by atoms with Crippen LogP contribution in [0.2, 0.25) is 0 Å². The van der Waals surface area contributed by atoms with Gasteiger partial charge in [-0.05, 0) is 67.7 Å². The zero-order valence-electron chi connectivity index (χ0n) is 20.8. The lowest BCUT2D eigenvalue weighted by molar-refractivity contribution is -0.151. The number of aromatic hydroxyl groups is 1. The number of hydrogen-bond acceptors (Lipinski definition) is 8. The third-order valence-corrected chi connectivity index (χ3v) is 8.14. The Hall–Kier alpha value is -4.15. The minimum atomic E-state index is -2.09. The molecule has 3 aliphatic carbocycles. The van der Waals surface area contributed by atoms with Crippen LogP contribution in [0.4, 0.5) is 0 Å². The van der Waals surface area contributed by atoms with Crippen LogP contribution in [0, 0.1) is 11.8 Å². The molecule has 38 heavy (non-hydrogen) atoms. The van der Waals surface area contributed by atoms with Crippen molar-refractivity contribution < 1.29 is 39.9 Å². The molecule has 0 bridgehead atoms. The summed E-state index contributed by atoms with van der Waals surface area (Å²) in [6, 6.07) is 8.37. The number of Topliss-reactive ketones (excluding diaryl/α,β-unsaturated/α-hetero) is 1. The van der Waals surface area contributed by atoms with Gasteiger partial charge in [-0.3, -0.25) is 14.5 Å². The number of nitrogens with two attached hydrogens (primary N) is 1. The molecule has 7 N–H and O–H groups in total. The lowest BCUT2D eigenvalue weighted by Gasteiger charge is -2.51. The zero-order chi connectivity index (χ0) is 27.7. The monoisotopic (exact) mass is 520 g/mol. The number of nitrogens with zero attached hydrogens (tertiary/aromatic N) is 1. The smallest absolute Gasteiger partial charge is 0.335 e. The molecule has 0 spiro atoms. The lowest BCUT2D eigenvalue weighted by Crippen LogP contribution is -2.62. The third kappa shape index (κ3) is 3.59. The van der Waals surface area contributed by atoms with Gasteiger partial charge in [0.05, 0.1) is 22.7 Å². The van der Waals surface area contributed by atoms with Gasteiger partial charge in [0, 0.05) is 17.9 Å². The average molecular weight is 521 g/mol. The highest BCUT2D eigenvalue weighted by Gasteiger charge is 2.60. The fourth-order valence-electron chi connectivity index (χ4n) is 6.40. The van der Waals surface area contributed by atoms with E-state index in [4.69, 9.17) is 5.73 Å². The minimum Gasteiger partial charge on any atom is -0.510 e. The Morgan fingerprint density at radius 3 is 2.29 bits per heavy atom. The molecule has 0 saturated heterocycles. The number of aromatic carboxylic acids is 1. The predicted molar refractivity (Wildman–Crippen MR) is 136 cm³/mol. The van der Waals surface area contributed by atoms with E-state index in [2.05, 4.69) is 0 Å². The van der Waals surface area contributed by atoms with E-state index >= 15 is 0 Å². The average Bonchev–Trinajstić information content (AvgIpc) is 2.85. The summed E-state index contributed by atoms with van der Waals surface area (Å²) in [6.07, 6.45) is -0.0435. The second-order valence-corrected chi connectivity index (χ2v) is 10.4. The van der Waals surface area contributed by atoms with E-state index in [9.17, 15) is 39.9 Å². The zero-order valence-corrected chi connectivity index (χ0v) is 20.8. The summed E-state index contributed by atoms with van der Waals surface area (Å²) in [6.45, 7) is 0. The number of fused-ring (bicyclic) bond motifs is 3. The van der Waals surface area contributed by atoms with Crippen molar-refractivity contribution in [3.8, 4) is 16.9 Å². The number of carbonyl (C=O) groups is 3. The van der Waals surface area contributed by atoms with Gasteiger partial charge in [-0.15, -0.1) is 0 Å². The Morgan fingerprint density at radius 2 is 1.71 bits per heavy atom. The first-order valence-corrected chi connectivity index (χ1v) is 12.1. The molecule has 0 aromatic heterocycles. The van der Waals surface area contributed by atoms with Crippen LogP contribution < -0.4 is 5.73 Å². The van der Waals surface area contributed by atoms with E-state index in [-0.39, 0.29) is 46.6 Å². The van der Waals surface area contributed by atoms with Crippen molar-refractivity contribution in [2.45, 2.75) is 30.9 Å². The van der Waals surface area contributed by atoms with Crippen LogP contribution in [0.5, 0.6) is 5.75 Å². The molecular formula is C28H28N2O8. The number of aliphatic hydroxyl groups excluding tert-OH is 2. The maximum atomic E-state index is 13.9. The summed E-state index contributed by atoms with van der Waals surface area (Å²) < 4.78 is 0. The summed E-state index contributed by atoms with van der Waals surface area (Å²) in [4.78, 5) is 38.8. The molecule has 198 valence electrons. The number of aliphatic hydroxyl groups is 3. The summed E-state index contributed by atoms with van der Waals surface area (Å²) in [7, 11) is 3.32. The Bertz CT molecular complexity index is 1460. The van der Waals surface area contributed by atoms with Gasteiger partial charge >= 0.3 is 5.97 Å². The number of primary amides is 1. The molecule has 0 heterocycles. The molecule has 2 aromatic carbocycles. The van der Waals surface area contributed by atoms with E-state index in [1.165, 1.54) is 18.2 Å². The van der Waals surface area contributed by atoms with Crippen LogP contribution in [-0.4, -0.2) is 73.8 Å². The van der Waals surface area contributed by atoms with E-state index in [1.807, 2.05) is 0 Å². The fraction of sp³-hybridized carbons (Fsp3) is 0.321. The standard InChI is InChI=1S/C28H28N2O8/c1-30(2)22-18-10-14-9-16-15(12-3-5-13(6-4-12)27(36)37)7-8-19(31)21(16)24(33)20(14)25(34)28(18,38)11-17(23(22)32)26(29)35/h3-8,14,18,22,31-33,38H,9-11H2,1-2H3,(H2,29,35)(H,36,37). The molecular weight excluding hydrogens is 492 g/mol. The highest BCUT2D eigenvalue weighted by atomic mass is 16.4. The SMILES string of the molecule is CN(C)C1C(O)=C(C(N)=O)CC2(O)C(=O)C3=C(O)c4c(O)ccc(-c5ccc(C(=O)O)cc5)c4CC3CC12. The Kier molecular flexibility index (Phi) is 5.85. The van der Waals surface area contributed by atoms with Crippen molar-refractivity contribution in [1.29, 1.82) is 0 Å². The Morgan fingerprint density at radius 1 is 1.05 bits per heavy atom. The molecule has 1 saturated carbocycles. The number of ketones is 1. The van der Waals surface area contributed by atoms with E-state index < -0.39 is 53.3 Å². The summed E-state index contributed by atoms with van der Waals surface area (Å²) in [5.41, 5.74) is 5.17. The number of carboxylic acid groups (broad SMARTS) is 1. The predicted octanol–water partition coefficient (Wildman–Crippen LogP) is 2.15. The first-order chi connectivity index (χ1) is 17.9. The maximum Gasteiger partial charge on any atom is 0.335 e. The number of benzene rings is 2. The topological polar surface area (TPSA) is 182 Å². The highest BCUT2D eigenvalue weighted by Crippen LogP contribution is 2.53. The van der Waals surface area contributed by atoms with Crippen LogP contribution >= 0.6 is 0 Å².